The first-order valence-corrected chi connectivity index (χ1v) is 9.68. The van der Waals surface area contributed by atoms with E-state index in [9.17, 15) is 13.2 Å². The first-order chi connectivity index (χ1) is 11.3. The second-order valence-corrected chi connectivity index (χ2v) is 8.33. The SMILES string of the molecule is CCS(=O)(=O)c1ccc(CC(=O)Nc2ccc(C(C)C)cc2)cc1. The average molecular weight is 345 g/mol. The Bertz CT molecular complexity index is 792. The fourth-order valence-electron chi connectivity index (χ4n) is 2.32. The number of anilines is 1. The van der Waals surface area contributed by atoms with Gasteiger partial charge >= 0.3 is 0 Å². The number of sulfone groups is 1. The molecule has 0 heterocycles. The van der Waals surface area contributed by atoms with Gasteiger partial charge in [-0.15, -0.1) is 0 Å². The van der Waals surface area contributed by atoms with E-state index in [1.807, 2.05) is 24.3 Å². The molecule has 24 heavy (non-hydrogen) atoms. The third kappa shape index (κ3) is 4.68. The number of nitrogens with one attached hydrogen (secondary N) is 1. The molecule has 1 amide bonds. The fraction of sp³-hybridized carbons (Fsp3) is 0.316. The molecule has 0 saturated carbocycles. The largest absolute Gasteiger partial charge is 0.326 e. The van der Waals surface area contributed by atoms with Gasteiger partial charge in [0.15, 0.2) is 9.84 Å². The molecule has 0 atom stereocenters. The smallest absolute Gasteiger partial charge is 0.228 e. The van der Waals surface area contributed by atoms with Gasteiger partial charge in [-0.3, -0.25) is 4.79 Å². The number of carbonyl (C=O) groups excluding carboxylic acids is 1. The Hall–Kier alpha value is -2.14. The highest BCUT2D eigenvalue weighted by Gasteiger charge is 2.11. The van der Waals surface area contributed by atoms with Crippen LogP contribution in [0.5, 0.6) is 0 Å². The van der Waals surface area contributed by atoms with Crippen molar-refractivity contribution in [2.75, 3.05) is 11.1 Å². The predicted molar refractivity (Wildman–Crippen MR) is 97.0 cm³/mol. The van der Waals surface area contributed by atoms with Crippen LogP contribution in [-0.2, 0) is 21.1 Å². The van der Waals surface area contributed by atoms with Gasteiger partial charge in [0, 0.05) is 5.69 Å². The molecule has 2 aromatic rings. The lowest BCUT2D eigenvalue weighted by Crippen LogP contribution is -2.14. The number of rotatable bonds is 6. The van der Waals surface area contributed by atoms with Crippen molar-refractivity contribution in [3.8, 4) is 0 Å². The fourth-order valence-corrected chi connectivity index (χ4v) is 3.21. The van der Waals surface area contributed by atoms with Crippen molar-refractivity contribution in [3.05, 3.63) is 59.7 Å². The Labute approximate surface area is 143 Å². The first-order valence-electron chi connectivity index (χ1n) is 8.03. The normalized spacial score (nSPS) is 11.5. The van der Waals surface area contributed by atoms with E-state index in [2.05, 4.69) is 19.2 Å². The van der Waals surface area contributed by atoms with Crippen molar-refractivity contribution < 1.29 is 13.2 Å². The van der Waals surface area contributed by atoms with Gasteiger partial charge in [0.25, 0.3) is 0 Å². The summed E-state index contributed by atoms with van der Waals surface area (Å²) in [5, 5.41) is 2.86. The molecule has 128 valence electrons. The minimum Gasteiger partial charge on any atom is -0.326 e. The van der Waals surface area contributed by atoms with Crippen LogP contribution < -0.4 is 5.32 Å². The standard InChI is InChI=1S/C19H23NO3S/c1-4-24(22,23)18-11-5-15(6-12-18)13-19(21)20-17-9-7-16(8-10-17)14(2)3/h5-12,14H,4,13H2,1-3H3,(H,20,21). The summed E-state index contributed by atoms with van der Waals surface area (Å²) < 4.78 is 23.5. The highest BCUT2D eigenvalue weighted by atomic mass is 32.2. The van der Waals surface area contributed by atoms with E-state index in [1.165, 1.54) is 5.56 Å². The maximum absolute atomic E-state index is 12.1. The molecule has 2 aromatic carbocycles. The van der Waals surface area contributed by atoms with E-state index < -0.39 is 9.84 Å². The molecule has 0 aliphatic heterocycles. The number of hydrogen-bond donors (Lipinski definition) is 1. The lowest BCUT2D eigenvalue weighted by atomic mass is 10.0. The zero-order chi connectivity index (χ0) is 17.7. The average Bonchev–Trinajstić information content (AvgIpc) is 2.55. The summed E-state index contributed by atoms with van der Waals surface area (Å²) in [6, 6.07) is 14.3. The molecule has 0 fully saturated rings. The molecule has 0 saturated heterocycles. The number of benzene rings is 2. The van der Waals surface area contributed by atoms with Crippen molar-refractivity contribution in [1.29, 1.82) is 0 Å². The van der Waals surface area contributed by atoms with Gasteiger partial charge in [-0.25, -0.2) is 8.42 Å². The number of hydrogen-bond acceptors (Lipinski definition) is 3. The quantitative estimate of drug-likeness (QED) is 0.866. The van der Waals surface area contributed by atoms with E-state index in [4.69, 9.17) is 0 Å². The third-order valence-corrected chi connectivity index (χ3v) is 5.64. The Kier molecular flexibility index (Phi) is 5.78. The van der Waals surface area contributed by atoms with Crippen molar-refractivity contribution in [2.45, 2.75) is 38.0 Å². The summed E-state index contributed by atoms with van der Waals surface area (Å²) in [4.78, 5) is 12.4. The topological polar surface area (TPSA) is 63.2 Å². The van der Waals surface area contributed by atoms with Crippen LogP contribution in [-0.4, -0.2) is 20.1 Å². The van der Waals surface area contributed by atoms with Crippen LogP contribution in [0.25, 0.3) is 0 Å². The molecule has 0 aromatic heterocycles. The van der Waals surface area contributed by atoms with E-state index in [1.54, 1.807) is 31.2 Å². The molecule has 2 rings (SSSR count). The zero-order valence-corrected chi connectivity index (χ0v) is 15.1. The minimum atomic E-state index is -3.20. The van der Waals surface area contributed by atoms with Gasteiger partial charge in [0.2, 0.25) is 5.91 Å². The van der Waals surface area contributed by atoms with Crippen LogP contribution in [0.3, 0.4) is 0 Å². The van der Waals surface area contributed by atoms with Crippen molar-refractivity contribution >= 4 is 21.4 Å². The molecule has 5 heteroatoms. The first kappa shape index (κ1) is 18.2. The van der Waals surface area contributed by atoms with E-state index >= 15 is 0 Å². The Balaban J connectivity index is 1.99. The van der Waals surface area contributed by atoms with Gasteiger partial charge in [0.05, 0.1) is 17.1 Å². The van der Waals surface area contributed by atoms with Crippen molar-refractivity contribution in [3.63, 3.8) is 0 Å². The molecular weight excluding hydrogens is 322 g/mol. The van der Waals surface area contributed by atoms with E-state index in [0.29, 0.717) is 10.8 Å². The minimum absolute atomic E-state index is 0.0687. The number of carbonyl (C=O) groups is 1. The van der Waals surface area contributed by atoms with Crippen LogP contribution in [0.4, 0.5) is 5.69 Å². The summed E-state index contributed by atoms with van der Waals surface area (Å²) in [5.41, 5.74) is 2.76. The van der Waals surface area contributed by atoms with Crippen molar-refractivity contribution in [2.24, 2.45) is 0 Å². The molecule has 0 spiro atoms. The molecular formula is C19H23NO3S. The lowest BCUT2D eigenvalue weighted by Gasteiger charge is -2.09. The molecule has 0 unspecified atom stereocenters. The zero-order valence-electron chi connectivity index (χ0n) is 14.2. The second kappa shape index (κ2) is 7.62. The van der Waals surface area contributed by atoms with Crippen LogP contribution in [0.2, 0.25) is 0 Å². The third-order valence-electron chi connectivity index (χ3n) is 3.89. The van der Waals surface area contributed by atoms with E-state index in [-0.39, 0.29) is 18.1 Å². The molecule has 0 radical (unpaired) electrons. The second-order valence-electron chi connectivity index (χ2n) is 6.05. The van der Waals surface area contributed by atoms with Crippen LogP contribution in [0.1, 0.15) is 37.8 Å². The van der Waals surface area contributed by atoms with Gasteiger partial charge in [-0.1, -0.05) is 45.0 Å². The maximum Gasteiger partial charge on any atom is 0.228 e. The predicted octanol–water partition coefficient (Wildman–Crippen LogP) is 3.78. The van der Waals surface area contributed by atoms with Gasteiger partial charge in [-0.05, 0) is 41.3 Å². The Morgan fingerprint density at radius 1 is 1.00 bits per heavy atom. The molecule has 0 bridgehead atoms. The Morgan fingerprint density at radius 2 is 1.58 bits per heavy atom. The summed E-state index contributed by atoms with van der Waals surface area (Å²) in [6.07, 6.45) is 0.207. The summed E-state index contributed by atoms with van der Waals surface area (Å²) in [6.45, 7) is 5.85. The van der Waals surface area contributed by atoms with Gasteiger partial charge in [-0.2, -0.15) is 0 Å². The summed E-state index contributed by atoms with van der Waals surface area (Å²) in [5.74, 6) is 0.394. The molecule has 0 aliphatic carbocycles. The maximum atomic E-state index is 12.1. The lowest BCUT2D eigenvalue weighted by molar-refractivity contribution is -0.115. The Morgan fingerprint density at radius 3 is 2.08 bits per heavy atom. The summed E-state index contributed by atoms with van der Waals surface area (Å²) in [7, 11) is -3.20. The number of amides is 1. The molecule has 0 aliphatic rings. The van der Waals surface area contributed by atoms with Crippen LogP contribution in [0.15, 0.2) is 53.4 Å². The monoisotopic (exact) mass is 345 g/mol. The molecule has 4 nitrogen and oxygen atoms in total. The van der Waals surface area contributed by atoms with Crippen molar-refractivity contribution in [1.82, 2.24) is 0 Å². The van der Waals surface area contributed by atoms with Crippen LogP contribution >= 0.6 is 0 Å². The molecule has 1 N–H and O–H groups in total. The van der Waals surface area contributed by atoms with Crippen LogP contribution in [0, 0.1) is 0 Å². The summed E-state index contributed by atoms with van der Waals surface area (Å²) >= 11 is 0. The van der Waals surface area contributed by atoms with Gasteiger partial charge < -0.3 is 5.32 Å². The van der Waals surface area contributed by atoms with E-state index in [0.717, 1.165) is 11.3 Å². The van der Waals surface area contributed by atoms with Gasteiger partial charge in [0.1, 0.15) is 0 Å². The highest BCUT2D eigenvalue weighted by Crippen LogP contribution is 2.18. The highest BCUT2D eigenvalue weighted by molar-refractivity contribution is 7.91.